The molecule has 1 saturated heterocycles. The number of benzene rings is 1. The van der Waals surface area contributed by atoms with Crippen molar-refractivity contribution < 1.29 is 32.6 Å². The van der Waals surface area contributed by atoms with Crippen LogP contribution in [0.25, 0.3) is 0 Å². The number of nitrogens with zero attached hydrogens (tertiary/aromatic N) is 1. The molecule has 25 heavy (non-hydrogen) atoms. The summed E-state index contributed by atoms with van der Waals surface area (Å²) in [5.41, 5.74) is -0.292. The summed E-state index contributed by atoms with van der Waals surface area (Å²) in [6, 6.07) is 3.62. The monoisotopic (exact) mass is 370 g/mol. The zero-order chi connectivity index (χ0) is 19.0. The van der Waals surface area contributed by atoms with E-state index in [0.717, 1.165) is 16.6 Å². The number of nitrogens with one attached hydrogen (secondary N) is 1. The highest BCUT2D eigenvalue weighted by Crippen LogP contribution is 2.28. The summed E-state index contributed by atoms with van der Waals surface area (Å²) < 4.78 is 34.9. The van der Waals surface area contributed by atoms with Crippen molar-refractivity contribution in [2.45, 2.75) is 24.5 Å². The van der Waals surface area contributed by atoms with Gasteiger partial charge in [0, 0.05) is 40.2 Å². The van der Waals surface area contributed by atoms with Gasteiger partial charge >= 0.3 is 11.9 Å². The van der Waals surface area contributed by atoms with Gasteiger partial charge < -0.3 is 19.9 Å². The first-order valence-corrected chi connectivity index (χ1v) is 8.57. The van der Waals surface area contributed by atoms with Crippen molar-refractivity contribution in [3.8, 4) is 5.75 Å². The average Bonchev–Trinajstić information content (AvgIpc) is 2.46. The molecule has 0 radical (unpaired) electrons. The lowest BCUT2D eigenvalue weighted by Crippen LogP contribution is -2.42. The number of cyclic esters (lactones) is 2. The van der Waals surface area contributed by atoms with Gasteiger partial charge in [-0.25, -0.2) is 22.3 Å². The zero-order valence-corrected chi connectivity index (χ0v) is 14.9. The van der Waals surface area contributed by atoms with Crippen LogP contribution in [0.1, 0.15) is 13.8 Å². The number of ether oxygens (including phenoxy) is 2. The summed E-state index contributed by atoms with van der Waals surface area (Å²) in [4.78, 5) is 23.5. The average molecular weight is 370 g/mol. The molecule has 0 saturated carbocycles. The maximum Gasteiger partial charge on any atom is 0.350 e. The minimum Gasteiger partial charge on any atom is -0.506 e. The quantitative estimate of drug-likeness (QED) is 0.345. The number of aromatic hydroxyl groups is 1. The van der Waals surface area contributed by atoms with Crippen LogP contribution in [-0.2, 0) is 29.1 Å². The number of esters is 2. The highest BCUT2D eigenvalue weighted by atomic mass is 32.2. The molecule has 2 rings (SSSR count). The molecule has 1 aliphatic rings. The van der Waals surface area contributed by atoms with Gasteiger partial charge in [0.2, 0.25) is 10.0 Å². The van der Waals surface area contributed by atoms with E-state index in [-0.39, 0.29) is 21.9 Å². The second-order valence-corrected chi connectivity index (χ2v) is 8.00. The first kappa shape index (κ1) is 18.7. The molecule has 0 bridgehead atoms. The summed E-state index contributed by atoms with van der Waals surface area (Å²) in [6.45, 7) is 2.84. The minimum atomic E-state index is -3.70. The van der Waals surface area contributed by atoms with Crippen molar-refractivity contribution in [1.82, 2.24) is 4.31 Å². The lowest BCUT2D eigenvalue weighted by Gasteiger charge is -2.29. The van der Waals surface area contributed by atoms with Crippen molar-refractivity contribution in [2.75, 3.05) is 19.4 Å². The molecule has 0 aromatic heterocycles. The molecule has 1 aromatic rings. The molecule has 9 nitrogen and oxygen atoms in total. The fraction of sp³-hybridized carbons (Fsp3) is 0.333. The van der Waals surface area contributed by atoms with Gasteiger partial charge in [-0.15, -0.1) is 0 Å². The third-order valence-corrected chi connectivity index (χ3v) is 5.05. The van der Waals surface area contributed by atoms with E-state index in [9.17, 15) is 23.1 Å². The molecule has 0 amide bonds. The van der Waals surface area contributed by atoms with Crippen molar-refractivity contribution in [1.29, 1.82) is 0 Å². The molecule has 0 spiro atoms. The normalized spacial score (nSPS) is 17.1. The van der Waals surface area contributed by atoms with Crippen LogP contribution in [0.2, 0.25) is 0 Å². The molecule has 0 unspecified atom stereocenters. The number of rotatable bonds is 4. The van der Waals surface area contributed by atoms with Gasteiger partial charge in [-0.3, -0.25) is 0 Å². The first-order chi connectivity index (χ1) is 11.4. The van der Waals surface area contributed by atoms with Crippen LogP contribution in [0.5, 0.6) is 5.75 Å². The number of hydrogen-bond acceptors (Lipinski definition) is 8. The highest BCUT2D eigenvalue weighted by molar-refractivity contribution is 7.89. The summed E-state index contributed by atoms with van der Waals surface area (Å²) in [7, 11) is -0.969. The van der Waals surface area contributed by atoms with Crippen molar-refractivity contribution >= 4 is 27.6 Å². The standard InChI is InChI=1S/C15H18N2O7S/c1-15(2)23-13(19)10(14(20)24-15)8-16-11-6-5-9(7-12(11)18)25(21,22)17(3)4/h5-8,16,18H,1-4H3. The van der Waals surface area contributed by atoms with Gasteiger partial charge in [0.05, 0.1) is 10.6 Å². The largest absolute Gasteiger partial charge is 0.506 e. The summed E-state index contributed by atoms with van der Waals surface area (Å²) in [5.74, 6) is -3.48. The van der Waals surface area contributed by atoms with E-state index in [0.29, 0.717) is 0 Å². The van der Waals surface area contributed by atoms with E-state index in [1.807, 2.05) is 0 Å². The number of phenols is 1. The second-order valence-electron chi connectivity index (χ2n) is 5.85. The molecule has 1 fully saturated rings. The van der Waals surface area contributed by atoms with Gasteiger partial charge in [0.25, 0.3) is 5.79 Å². The lowest BCUT2D eigenvalue weighted by molar-refractivity contribution is -0.222. The predicted octanol–water partition coefficient (Wildman–Crippen LogP) is 0.774. The summed E-state index contributed by atoms with van der Waals surface area (Å²) in [6.07, 6.45) is 1.02. The third kappa shape index (κ3) is 3.91. The molecule has 1 aliphatic heterocycles. The number of anilines is 1. The Morgan fingerprint density at radius 2 is 1.72 bits per heavy atom. The van der Waals surface area contributed by atoms with Crippen LogP contribution in [0.3, 0.4) is 0 Å². The van der Waals surface area contributed by atoms with Crippen LogP contribution >= 0.6 is 0 Å². The minimum absolute atomic E-state index is 0.0932. The Morgan fingerprint density at radius 3 is 2.20 bits per heavy atom. The van der Waals surface area contributed by atoms with E-state index in [4.69, 9.17) is 9.47 Å². The lowest BCUT2D eigenvalue weighted by atomic mass is 10.2. The van der Waals surface area contributed by atoms with E-state index in [1.165, 1.54) is 40.1 Å². The van der Waals surface area contributed by atoms with Gasteiger partial charge in [-0.2, -0.15) is 0 Å². The molecular formula is C15H18N2O7S. The fourth-order valence-electron chi connectivity index (χ4n) is 1.93. The smallest absolute Gasteiger partial charge is 0.350 e. The molecule has 1 aromatic carbocycles. The first-order valence-electron chi connectivity index (χ1n) is 7.13. The van der Waals surface area contributed by atoms with Crippen molar-refractivity contribution in [3.63, 3.8) is 0 Å². The van der Waals surface area contributed by atoms with Crippen LogP contribution in [-0.4, -0.2) is 49.7 Å². The van der Waals surface area contributed by atoms with Gasteiger partial charge in [-0.05, 0) is 12.1 Å². The Hall–Kier alpha value is -2.59. The Balaban J connectivity index is 2.25. The number of sulfonamides is 1. The second kappa shape index (κ2) is 6.37. The van der Waals surface area contributed by atoms with E-state index < -0.39 is 27.7 Å². The number of phenolic OH excluding ortho intramolecular Hbond substituents is 1. The molecule has 136 valence electrons. The number of carbonyl (C=O) groups is 2. The molecule has 10 heteroatoms. The van der Waals surface area contributed by atoms with Gasteiger partial charge in [0.15, 0.2) is 5.57 Å². The molecule has 0 aliphatic carbocycles. The summed E-state index contributed by atoms with van der Waals surface area (Å²) >= 11 is 0. The van der Waals surface area contributed by atoms with Gasteiger partial charge in [0.1, 0.15) is 5.75 Å². The van der Waals surface area contributed by atoms with Crippen LogP contribution in [0.4, 0.5) is 5.69 Å². The number of carbonyl (C=O) groups excluding carboxylic acids is 2. The molecule has 2 N–H and O–H groups in total. The van der Waals surface area contributed by atoms with E-state index >= 15 is 0 Å². The molecule has 0 atom stereocenters. The van der Waals surface area contributed by atoms with Crippen molar-refractivity contribution in [3.05, 3.63) is 30.0 Å². The van der Waals surface area contributed by atoms with Crippen LogP contribution in [0.15, 0.2) is 34.9 Å². The highest BCUT2D eigenvalue weighted by Gasteiger charge is 2.39. The maximum absolute atomic E-state index is 12.0. The SMILES string of the molecule is CN(C)S(=O)(=O)c1ccc(NC=C2C(=O)OC(C)(C)OC2=O)c(O)c1. The van der Waals surface area contributed by atoms with Gasteiger partial charge in [-0.1, -0.05) is 0 Å². The summed E-state index contributed by atoms with van der Waals surface area (Å²) in [5, 5.41) is 12.5. The predicted molar refractivity (Wildman–Crippen MR) is 86.9 cm³/mol. The molecule has 1 heterocycles. The fourth-order valence-corrected chi connectivity index (χ4v) is 2.86. The zero-order valence-electron chi connectivity index (χ0n) is 14.1. The maximum atomic E-state index is 12.0. The Labute approximate surface area is 144 Å². The van der Waals surface area contributed by atoms with Crippen LogP contribution < -0.4 is 5.32 Å². The number of hydrogen-bond donors (Lipinski definition) is 2. The van der Waals surface area contributed by atoms with E-state index in [2.05, 4.69) is 5.32 Å². The third-order valence-electron chi connectivity index (χ3n) is 3.24. The Bertz CT molecular complexity index is 835. The Kier molecular flexibility index (Phi) is 4.78. The Morgan fingerprint density at radius 1 is 1.16 bits per heavy atom. The van der Waals surface area contributed by atoms with E-state index in [1.54, 1.807) is 0 Å². The molecular weight excluding hydrogens is 352 g/mol. The van der Waals surface area contributed by atoms with Crippen LogP contribution in [0, 0.1) is 0 Å². The topological polar surface area (TPSA) is 122 Å². The van der Waals surface area contributed by atoms with Crippen molar-refractivity contribution in [2.24, 2.45) is 0 Å².